The Kier molecular flexibility index (Phi) is 6.97. The third-order valence-corrected chi connectivity index (χ3v) is 3.99. The van der Waals surface area contributed by atoms with E-state index in [0.29, 0.717) is 22.3 Å². The fraction of sp³-hybridized carbons (Fsp3) is 0.118. The summed E-state index contributed by atoms with van der Waals surface area (Å²) in [5.74, 6) is -0.640. The molecule has 0 saturated heterocycles. The number of carbonyl (C=O) groups excluding carboxylic acids is 1. The molecular formula is C17H15BrN4O4S. The van der Waals surface area contributed by atoms with Crippen molar-refractivity contribution in [3.8, 4) is 5.75 Å². The number of nitro groups is 1. The van der Waals surface area contributed by atoms with Gasteiger partial charge in [-0.2, -0.15) is 0 Å². The van der Waals surface area contributed by atoms with Crippen molar-refractivity contribution in [1.29, 1.82) is 0 Å². The number of carbonyl (C=O) groups is 1. The molecule has 0 unspecified atom stereocenters. The number of hydrogen-bond acceptors (Lipinski definition) is 6. The van der Waals surface area contributed by atoms with E-state index in [2.05, 4.69) is 31.6 Å². The predicted octanol–water partition coefficient (Wildman–Crippen LogP) is 4.04. The highest BCUT2D eigenvalue weighted by atomic mass is 79.9. The normalized spacial score (nSPS) is 10.6. The van der Waals surface area contributed by atoms with Gasteiger partial charge in [0.25, 0.3) is 0 Å². The highest BCUT2D eigenvalue weighted by Gasteiger charge is 2.17. The molecule has 0 aliphatic rings. The first-order valence-corrected chi connectivity index (χ1v) is 8.92. The van der Waals surface area contributed by atoms with Gasteiger partial charge >= 0.3 is 5.69 Å². The first-order chi connectivity index (χ1) is 12.8. The van der Waals surface area contributed by atoms with Crippen molar-refractivity contribution >= 4 is 62.4 Å². The van der Waals surface area contributed by atoms with Crippen molar-refractivity contribution in [2.75, 3.05) is 5.32 Å². The van der Waals surface area contributed by atoms with Crippen LogP contribution in [-0.4, -0.2) is 27.3 Å². The molecule has 0 bridgehead atoms. The van der Waals surface area contributed by atoms with Crippen molar-refractivity contribution in [2.24, 2.45) is 4.99 Å². The average molecular weight is 451 g/mol. The molecule has 0 radical (unpaired) electrons. The molecule has 8 nitrogen and oxygen atoms in total. The van der Waals surface area contributed by atoms with Crippen molar-refractivity contribution in [2.45, 2.75) is 13.3 Å². The molecule has 140 valence electrons. The van der Waals surface area contributed by atoms with Crippen LogP contribution in [0.1, 0.15) is 18.9 Å². The number of aromatic hydroxyl groups is 1. The third kappa shape index (κ3) is 5.83. The standard InChI is InChI=1S/C17H15BrN4O4S/c1-2-15(23)21-17(27)20-13-5-3-12(4-6-13)19-9-10-7-11(18)8-14(16(10)24)22(25)26/h3-9,24H,2H2,1H3,(H2,20,21,23,27). The van der Waals surface area contributed by atoms with Gasteiger partial charge in [-0.05, 0) is 42.5 Å². The van der Waals surface area contributed by atoms with Crippen molar-refractivity contribution in [3.63, 3.8) is 0 Å². The molecular weight excluding hydrogens is 436 g/mol. The number of nitrogens with one attached hydrogen (secondary N) is 2. The van der Waals surface area contributed by atoms with E-state index in [1.807, 2.05) is 0 Å². The van der Waals surface area contributed by atoms with Crippen molar-refractivity contribution in [3.05, 3.63) is 56.5 Å². The molecule has 10 heteroatoms. The Labute approximate surface area is 168 Å². The first kappa shape index (κ1) is 20.5. The van der Waals surface area contributed by atoms with Crippen molar-refractivity contribution < 1.29 is 14.8 Å². The average Bonchev–Trinajstić information content (AvgIpc) is 2.62. The molecule has 1 amide bonds. The number of rotatable bonds is 5. The number of nitrogens with zero attached hydrogens (tertiary/aromatic N) is 2. The summed E-state index contributed by atoms with van der Waals surface area (Å²) in [6.45, 7) is 1.72. The zero-order valence-corrected chi connectivity index (χ0v) is 16.5. The van der Waals surface area contributed by atoms with E-state index in [1.54, 1.807) is 31.2 Å². The number of aliphatic imine (C=N–C) groups is 1. The molecule has 2 rings (SSSR count). The highest BCUT2D eigenvalue weighted by Crippen LogP contribution is 2.32. The summed E-state index contributed by atoms with van der Waals surface area (Å²) >= 11 is 8.19. The fourth-order valence-electron chi connectivity index (χ4n) is 2.00. The van der Waals surface area contributed by atoms with Gasteiger partial charge in [0, 0.05) is 34.4 Å². The third-order valence-electron chi connectivity index (χ3n) is 3.33. The van der Waals surface area contributed by atoms with Crippen LogP contribution >= 0.6 is 28.1 Å². The van der Waals surface area contributed by atoms with Crippen LogP contribution in [0.25, 0.3) is 0 Å². The van der Waals surface area contributed by atoms with Gasteiger partial charge in [-0.1, -0.05) is 22.9 Å². The highest BCUT2D eigenvalue weighted by molar-refractivity contribution is 9.10. The number of amides is 1. The molecule has 0 aliphatic heterocycles. The van der Waals surface area contributed by atoms with Gasteiger partial charge in [-0.15, -0.1) is 0 Å². The largest absolute Gasteiger partial charge is 0.502 e. The van der Waals surface area contributed by atoms with E-state index >= 15 is 0 Å². The van der Waals surface area contributed by atoms with Gasteiger partial charge in [0.15, 0.2) is 5.11 Å². The van der Waals surface area contributed by atoms with Crippen LogP contribution in [0, 0.1) is 10.1 Å². The number of benzene rings is 2. The first-order valence-electron chi connectivity index (χ1n) is 7.72. The van der Waals surface area contributed by atoms with Crippen LogP contribution in [0.4, 0.5) is 17.1 Å². The van der Waals surface area contributed by atoms with Crippen LogP contribution in [0.15, 0.2) is 45.9 Å². The van der Waals surface area contributed by atoms with E-state index in [1.165, 1.54) is 18.3 Å². The summed E-state index contributed by atoms with van der Waals surface area (Å²) in [5, 5.41) is 26.5. The quantitative estimate of drug-likeness (QED) is 0.274. The summed E-state index contributed by atoms with van der Waals surface area (Å²) in [6.07, 6.45) is 1.66. The topological polar surface area (TPSA) is 117 Å². The van der Waals surface area contributed by atoms with E-state index in [9.17, 15) is 20.0 Å². The molecule has 2 aromatic carbocycles. The number of hydrogen-bond donors (Lipinski definition) is 3. The second-order valence-electron chi connectivity index (χ2n) is 5.28. The zero-order chi connectivity index (χ0) is 20.0. The van der Waals surface area contributed by atoms with Gasteiger partial charge in [0.05, 0.1) is 10.6 Å². The minimum atomic E-state index is -0.669. The number of nitro benzene ring substituents is 1. The van der Waals surface area contributed by atoms with E-state index < -0.39 is 16.4 Å². The lowest BCUT2D eigenvalue weighted by atomic mass is 10.2. The number of halogens is 1. The Morgan fingerprint density at radius 1 is 1.37 bits per heavy atom. The Hall–Kier alpha value is -2.85. The second kappa shape index (κ2) is 9.19. The molecule has 0 heterocycles. The lowest BCUT2D eigenvalue weighted by molar-refractivity contribution is -0.385. The van der Waals surface area contributed by atoms with Gasteiger partial charge in [-0.3, -0.25) is 19.9 Å². The molecule has 0 aliphatic carbocycles. The zero-order valence-electron chi connectivity index (χ0n) is 14.1. The number of thiocarbonyl (C=S) groups is 1. The minimum Gasteiger partial charge on any atom is -0.502 e. The van der Waals surface area contributed by atoms with Crippen LogP contribution < -0.4 is 10.6 Å². The summed E-state index contributed by atoms with van der Waals surface area (Å²) in [4.78, 5) is 25.8. The summed E-state index contributed by atoms with van der Waals surface area (Å²) in [7, 11) is 0. The SMILES string of the molecule is CCC(=O)NC(=S)Nc1ccc(N=Cc2cc(Br)cc([N+](=O)[O-])c2O)cc1. The molecule has 0 spiro atoms. The van der Waals surface area contributed by atoms with Crippen LogP contribution in [0.5, 0.6) is 5.75 Å². The number of phenols is 1. The maximum Gasteiger partial charge on any atom is 0.312 e. The Bertz CT molecular complexity index is 916. The molecule has 3 N–H and O–H groups in total. The maximum absolute atomic E-state index is 11.3. The molecule has 0 fully saturated rings. The summed E-state index contributed by atoms with van der Waals surface area (Å²) in [5.41, 5.74) is 1.03. The number of phenolic OH excluding ortho intramolecular Hbond substituents is 1. The van der Waals surface area contributed by atoms with Gasteiger partial charge in [0.2, 0.25) is 11.7 Å². The van der Waals surface area contributed by atoms with Gasteiger partial charge in [-0.25, -0.2) is 0 Å². The van der Waals surface area contributed by atoms with E-state index in [4.69, 9.17) is 12.2 Å². The lowest BCUT2D eigenvalue weighted by Crippen LogP contribution is -2.33. The number of anilines is 1. The minimum absolute atomic E-state index is 0.184. The van der Waals surface area contributed by atoms with Crippen LogP contribution in [-0.2, 0) is 4.79 Å². The fourth-order valence-corrected chi connectivity index (χ4v) is 2.69. The predicted molar refractivity (Wildman–Crippen MR) is 111 cm³/mol. The molecule has 27 heavy (non-hydrogen) atoms. The van der Waals surface area contributed by atoms with E-state index in [-0.39, 0.29) is 16.6 Å². The van der Waals surface area contributed by atoms with E-state index in [0.717, 1.165) is 0 Å². The monoisotopic (exact) mass is 450 g/mol. The Morgan fingerprint density at radius 3 is 2.63 bits per heavy atom. The molecule has 0 atom stereocenters. The smallest absolute Gasteiger partial charge is 0.312 e. The van der Waals surface area contributed by atoms with Crippen LogP contribution in [0.3, 0.4) is 0 Å². The summed E-state index contributed by atoms with van der Waals surface area (Å²) in [6, 6.07) is 9.53. The summed E-state index contributed by atoms with van der Waals surface area (Å²) < 4.78 is 0.454. The van der Waals surface area contributed by atoms with Crippen molar-refractivity contribution in [1.82, 2.24) is 5.32 Å². The van der Waals surface area contributed by atoms with Crippen LogP contribution in [0.2, 0.25) is 0 Å². The Morgan fingerprint density at radius 2 is 2.04 bits per heavy atom. The second-order valence-corrected chi connectivity index (χ2v) is 6.60. The van der Waals surface area contributed by atoms with Gasteiger partial charge < -0.3 is 15.7 Å². The lowest BCUT2D eigenvalue weighted by Gasteiger charge is -2.08. The maximum atomic E-state index is 11.3. The van der Waals surface area contributed by atoms with Gasteiger partial charge in [0.1, 0.15) is 0 Å². The Balaban J connectivity index is 2.12. The molecule has 2 aromatic rings. The molecule has 0 saturated carbocycles. The molecule has 0 aromatic heterocycles.